The van der Waals surface area contributed by atoms with Crippen LogP contribution in [0.15, 0.2) is 78.1 Å². The van der Waals surface area contributed by atoms with Crippen LogP contribution in [0, 0.1) is 51.7 Å². The van der Waals surface area contributed by atoms with E-state index in [4.69, 9.17) is 0 Å². The predicted molar refractivity (Wildman–Crippen MR) is 118 cm³/mol. The lowest BCUT2D eigenvalue weighted by molar-refractivity contribution is 0.376. The van der Waals surface area contributed by atoms with Crippen LogP contribution in [0.2, 0.25) is 0 Å². The highest BCUT2D eigenvalue weighted by Crippen LogP contribution is 2.57. The van der Waals surface area contributed by atoms with E-state index in [1.54, 1.807) is 60.7 Å². The van der Waals surface area contributed by atoms with Gasteiger partial charge in [0, 0.05) is 6.89 Å². The normalized spacial score (nSPS) is 14.7. The predicted octanol–water partition coefficient (Wildman–Crippen LogP) is 5.55. The molecule has 3 aromatic rings. The largest absolute Gasteiger partial charge is 0.203 e. The first-order valence-corrected chi connectivity index (χ1v) is 11.3. The van der Waals surface area contributed by atoms with Gasteiger partial charge >= 0.3 is 0 Å². The Kier molecular flexibility index (Phi) is 5.77. The second kappa shape index (κ2) is 8.54. The van der Waals surface area contributed by atoms with Gasteiger partial charge in [0.1, 0.15) is 12.1 Å². The number of hydrogen-bond acceptors (Lipinski definition) is 2. The Bertz CT molecular complexity index is 1400. The molecular formula is C25H12F5N2P. The van der Waals surface area contributed by atoms with Crippen LogP contribution in [0.3, 0.4) is 0 Å². The van der Waals surface area contributed by atoms with Gasteiger partial charge in [-0.3, -0.25) is 0 Å². The molecule has 0 aliphatic carbocycles. The molecule has 1 aliphatic rings. The maximum absolute atomic E-state index is 14.5. The molecule has 0 aromatic heterocycles. The standard InChI is InChI=1S/C25H12F5N2P/c26-21-20(22(27)24(29)25(30)23(21)28)15-11-18(13-31)33(19(12-15)14-32,16-7-3-1-4-8-16)17-9-5-2-6-10-17/h1-12H. The lowest BCUT2D eigenvalue weighted by Gasteiger charge is -2.31. The molecule has 4 rings (SSSR count). The third-order valence-corrected chi connectivity index (χ3v) is 9.37. The SMILES string of the molecule is N#CC1=CC(c2c(F)c(F)c(F)c(F)c2F)=CC(C#N)=P1(c1ccccc1)c1ccccc1. The highest BCUT2D eigenvalue weighted by Gasteiger charge is 2.36. The summed E-state index contributed by atoms with van der Waals surface area (Å²) in [5, 5.41) is 21.4. The summed E-state index contributed by atoms with van der Waals surface area (Å²) in [5.74, 6) is -10.6. The molecule has 0 saturated carbocycles. The van der Waals surface area contributed by atoms with Gasteiger partial charge in [0.15, 0.2) is 23.3 Å². The molecule has 0 atom stereocenters. The number of halogens is 5. The summed E-state index contributed by atoms with van der Waals surface area (Å²) in [6.45, 7) is -3.06. The fraction of sp³-hybridized carbons (Fsp3) is 0. The summed E-state index contributed by atoms with van der Waals surface area (Å²) in [5.41, 5.74) is -1.63. The van der Waals surface area contributed by atoms with Crippen molar-refractivity contribution in [1.29, 1.82) is 10.5 Å². The molecule has 0 radical (unpaired) electrons. The molecule has 33 heavy (non-hydrogen) atoms. The molecule has 0 unspecified atom stereocenters. The monoisotopic (exact) mass is 466 g/mol. The van der Waals surface area contributed by atoms with Crippen LogP contribution >= 0.6 is 6.89 Å². The van der Waals surface area contributed by atoms with Crippen LogP contribution in [0.25, 0.3) is 5.57 Å². The molecule has 0 amide bonds. The lowest BCUT2D eigenvalue weighted by atomic mass is 10.0. The van der Waals surface area contributed by atoms with E-state index in [1.807, 2.05) is 12.1 Å². The minimum absolute atomic E-state index is 0.00195. The van der Waals surface area contributed by atoms with Crippen LogP contribution < -0.4 is 10.6 Å². The van der Waals surface area contributed by atoms with Gasteiger partial charge in [-0.25, -0.2) is 22.0 Å². The molecule has 0 fully saturated rings. The third-order valence-electron chi connectivity index (χ3n) is 5.32. The zero-order valence-corrected chi connectivity index (χ0v) is 17.6. The summed E-state index contributed by atoms with van der Waals surface area (Å²) >= 11 is 0. The van der Waals surface area contributed by atoms with E-state index in [0.29, 0.717) is 10.6 Å². The molecule has 0 N–H and O–H groups in total. The van der Waals surface area contributed by atoms with Gasteiger partial charge in [0.2, 0.25) is 5.82 Å². The minimum atomic E-state index is -3.06. The Morgan fingerprint density at radius 3 is 1.45 bits per heavy atom. The molecule has 0 spiro atoms. The summed E-state index contributed by atoms with van der Waals surface area (Å²) in [7, 11) is 0. The summed E-state index contributed by atoms with van der Waals surface area (Å²) in [4.78, 5) is 0. The van der Waals surface area contributed by atoms with Crippen molar-refractivity contribution in [3.8, 4) is 12.1 Å². The Balaban J connectivity index is 2.18. The topological polar surface area (TPSA) is 47.6 Å². The second-order valence-electron chi connectivity index (χ2n) is 7.02. The molecule has 2 nitrogen and oxygen atoms in total. The zero-order valence-electron chi connectivity index (χ0n) is 16.7. The van der Waals surface area contributed by atoms with Gasteiger partial charge < -0.3 is 0 Å². The maximum atomic E-state index is 14.5. The molecule has 1 heterocycles. The Morgan fingerprint density at radius 2 is 1.03 bits per heavy atom. The number of rotatable bonds is 3. The van der Waals surface area contributed by atoms with E-state index in [0.717, 1.165) is 12.2 Å². The first kappa shape index (κ1) is 22.3. The fourth-order valence-corrected chi connectivity index (χ4v) is 7.76. The van der Waals surface area contributed by atoms with E-state index in [9.17, 15) is 32.5 Å². The van der Waals surface area contributed by atoms with Crippen molar-refractivity contribution in [1.82, 2.24) is 0 Å². The van der Waals surface area contributed by atoms with Crippen LogP contribution in [-0.4, -0.2) is 5.29 Å². The Morgan fingerprint density at radius 1 is 0.576 bits per heavy atom. The van der Waals surface area contributed by atoms with Crippen molar-refractivity contribution in [2.24, 2.45) is 0 Å². The van der Waals surface area contributed by atoms with Crippen LogP contribution in [0.5, 0.6) is 0 Å². The van der Waals surface area contributed by atoms with E-state index in [1.165, 1.54) is 0 Å². The zero-order chi connectivity index (χ0) is 23.8. The van der Waals surface area contributed by atoms with Crippen molar-refractivity contribution in [2.75, 3.05) is 0 Å². The maximum Gasteiger partial charge on any atom is 0.200 e. The molecule has 162 valence electrons. The van der Waals surface area contributed by atoms with Crippen molar-refractivity contribution in [2.45, 2.75) is 0 Å². The third kappa shape index (κ3) is 3.30. The van der Waals surface area contributed by atoms with Crippen molar-refractivity contribution < 1.29 is 22.0 Å². The van der Waals surface area contributed by atoms with Crippen LogP contribution in [0.1, 0.15) is 5.56 Å². The number of nitrogens with zero attached hydrogens (tertiary/aromatic N) is 2. The van der Waals surface area contributed by atoms with Gasteiger partial charge in [-0.1, -0.05) is 60.7 Å². The molecule has 3 aromatic carbocycles. The number of benzene rings is 3. The van der Waals surface area contributed by atoms with Gasteiger partial charge in [-0.2, -0.15) is 10.5 Å². The summed E-state index contributed by atoms with van der Waals surface area (Å²) in [6, 6.07) is 21.4. The van der Waals surface area contributed by atoms with Gasteiger partial charge in [-0.05, 0) is 28.3 Å². The first-order valence-electron chi connectivity index (χ1n) is 9.51. The first-order chi connectivity index (χ1) is 15.9. The second-order valence-corrected chi connectivity index (χ2v) is 10.4. The average molecular weight is 466 g/mol. The van der Waals surface area contributed by atoms with E-state index in [-0.39, 0.29) is 10.6 Å². The van der Waals surface area contributed by atoms with Gasteiger partial charge in [0.25, 0.3) is 0 Å². The van der Waals surface area contributed by atoms with E-state index in [2.05, 4.69) is 0 Å². The molecule has 8 heteroatoms. The number of hydrogen-bond donors (Lipinski definition) is 0. The van der Waals surface area contributed by atoms with Crippen LogP contribution in [0.4, 0.5) is 22.0 Å². The van der Waals surface area contributed by atoms with Crippen molar-refractivity contribution in [3.05, 3.63) is 113 Å². The van der Waals surface area contributed by atoms with Crippen LogP contribution in [-0.2, 0) is 0 Å². The van der Waals surface area contributed by atoms with Gasteiger partial charge in [-0.15, -0.1) is 0 Å². The molecule has 0 saturated heterocycles. The molecular weight excluding hydrogens is 454 g/mol. The van der Waals surface area contributed by atoms with E-state index < -0.39 is 47.1 Å². The smallest absolute Gasteiger partial charge is 0.200 e. The quantitative estimate of drug-likeness (QED) is 0.220. The highest BCUT2D eigenvalue weighted by atomic mass is 31.2. The number of allylic oxidation sites excluding steroid dienone is 4. The Hall–Kier alpha value is -3.93. The number of nitriles is 2. The Labute approximate surface area is 186 Å². The van der Waals surface area contributed by atoms with Crippen molar-refractivity contribution >= 4 is 28.4 Å². The summed E-state index contributed by atoms with van der Waals surface area (Å²) < 4.78 is 70.3. The lowest BCUT2D eigenvalue weighted by Crippen LogP contribution is -2.24. The van der Waals surface area contributed by atoms with Crippen molar-refractivity contribution in [3.63, 3.8) is 0 Å². The fourth-order valence-electron chi connectivity index (χ4n) is 3.89. The van der Waals surface area contributed by atoms with E-state index >= 15 is 0 Å². The molecule has 1 aliphatic heterocycles. The van der Waals surface area contributed by atoms with Gasteiger partial charge in [0.05, 0.1) is 16.2 Å². The average Bonchev–Trinajstić information content (AvgIpc) is 2.86. The highest BCUT2D eigenvalue weighted by molar-refractivity contribution is 7.93. The molecule has 0 bridgehead atoms. The summed E-state index contributed by atoms with van der Waals surface area (Å²) in [6.07, 6.45) is 2.21. The minimum Gasteiger partial charge on any atom is -0.203 e.